The molecule has 15 heteroatoms. The predicted molar refractivity (Wildman–Crippen MR) is 156 cm³/mol. The number of benzene rings is 2. The zero-order valence-electron chi connectivity index (χ0n) is 24.9. The third kappa shape index (κ3) is 8.84. The maximum atomic E-state index is 13.6. The van der Waals surface area contributed by atoms with Crippen LogP contribution >= 0.6 is 7.82 Å². The van der Waals surface area contributed by atoms with Crippen LogP contribution in [0.15, 0.2) is 23.1 Å². The van der Waals surface area contributed by atoms with Gasteiger partial charge in [0.05, 0.1) is 47.3 Å². The zero-order valence-corrected chi connectivity index (χ0v) is 26.6. The number of hydrogen-bond acceptors (Lipinski definition) is 11. The number of carbonyl (C=O) groups excluding carboxylic acids is 1. The van der Waals surface area contributed by atoms with Gasteiger partial charge in [0, 0.05) is 18.6 Å². The highest BCUT2D eigenvalue weighted by atomic mass is 32.2. The summed E-state index contributed by atoms with van der Waals surface area (Å²) in [7, 11) is -4.50. The first kappa shape index (κ1) is 34.6. The number of hydrogen-bond donors (Lipinski definition) is 2. The van der Waals surface area contributed by atoms with Crippen molar-refractivity contribution in [3.63, 3.8) is 0 Å². The number of ether oxygens (including phenoxy) is 6. The minimum absolute atomic E-state index is 0.0411. The highest BCUT2D eigenvalue weighted by Gasteiger charge is 2.32. The molecule has 1 fully saturated rings. The van der Waals surface area contributed by atoms with Crippen LogP contribution in [-0.2, 0) is 28.5 Å². The number of ketones is 1. The van der Waals surface area contributed by atoms with E-state index in [2.05, 4.69) is 4.52 Å². The van der Waals surface area contributed by atoms with Crippen LogP contribution in [0, 0.1) is 0 Å². The van der Waals surface area contributed by atoms with Crippen LogP contribution in [0.2, 0.25) is 0 Å². The minimum atomic E-state index is -4.67. The summed E-state index contributed by atoms with van der Waals surface area (Å²) in [5, 5.41) is 0. The van der Waals surface area contributed by atoms with Gasteiger partial charge in [0.1, 0.15) is 16.4 Å². The number of phosphoric acid groups is 1. The average Bonchev–Trinajstić information content (AvgIpc) is 3.48. The molecular weight excluding hydrogens is 607 g/mol. The van der Waals surface area contributed by atoms with Crippen molar-refractivity contribution < 1.29 is 60.5 Å². The second-order valence-corrected chi connectivity index (χ2v) is 12.9. The molecule has 0 radical (unpaired) electrons. The molecule has 0 aromatic heterocycles. The highest BCUT2D eigenvalue weighted by Crippen LogP contribution is 2.52. The third-order valence-electron chi connectivity index (χ3n) is 6.43. The molecule has 43 heavy (non-hydrogen) atoms. The van der Waals surface area contributed by atoms with Gasteiger partial charge in [0.2, 0.25) is 5.75 Å². The van der Waals surface area contributed by atoms with Crippen molar-refractivity contribution in [1.82, 2.24) is 0 Å². The SMILES string of the molecule is CCCOc1c(OCCCOP(=O)(O)O)cc(-c2c(C3CCCO3)cc(OC)c(OC)c2OC)cc1S(=O)(=O)CC(C)=O. The summed E-state index contributed by atoms with van der Waals surface area (Å²) in [5.41, 5.74) is 1.50. The molecule has 1 atom stereocenters. The lowest BCUT2D eigenvalue weighted by molar-refractivity contribution is -0.114. The Balaban J connectivity index is 2.31. The Bertz CT molecular complexity index is 1430. The number of methoxy groups -OCH3 is 3. The molecule has 240 valence electrons. The molecule has 0 saturated carbocycles. The first-order valence-corrected chi connectivity index (χ1v) is 16.9. The average molecular weight is 647 g/mol. The first-order chi connectivity index (χ1) is 20.4. The van der Waals surface area contributed by atoms with Crippen molar-refractivity contribution in [2.24, 2.45) is 0 Å². The van der Waals surface area contributed by atoms with Crippen molar-refractivity contribution in [3.05, 3.63) is 23.8 Å². The van der Waals surface area contributed by atoms with E-state index in [1.807, 2.05) is 6.92 Å². The molecule has 1 heterocycles. The third-order valence-corrected chi connectivity index (χ3v) is 8.71. The van der Waals surface area contributed by atoms with Crippen LogP contribution in [0.3, 0.4) is 0 Å². The lowest BCUT2D eigenvalue weighted by Crippen LogP contribution is -2.16. The van der Waals surface area contributed by atoms with Gasteiger partial charge in [0.25, 0.3) is 0 Å². The zero-order chi connectivity index (χ0) is 31.8. The Kier molecular flexibility index (Phi) is 12.3. The standard InChI is InChI=1S/C28H39O13PS/c1-6-10-40-26-23(39-12-8-13-41-42(30,31)32)14-19(15-24(26)43(33,34)17-18(2)29)25-20(21-9-7-11-38-21)16-22(35-3)27(36-4)28(25)37-5/h14-16,21H,6-13,17H2,1-5H3,(H2,30,31,32). The maximum Gasteiger partial charge on any atom is 0.469 e. The Morgan fingerprint density at radius 2 is 1.70 bits per heavy atom. The Labute approximate surface area is 251 Å². The fourth-order valence-corrected chi connectivity index (χ4v) is 6.53. The van der Waals surface area contributed by atoms with Gasteiger partial charge < -0.3 is 38.2 Å². The lowest BCUT2D eigenvalue weighted by Gasteiger charge is -2.24. The number of carbonyl (C=O) groups is 1. The molecule has 0 aliphatic carbocycles. The monoisotopic (exact) mass is 646 g/mol. The second-order valence-electron chi connectivity index (χ2n) is 9.75. The molecule has 13 nitrogen and oxygen atoms in total. The molecule has 2 aromatic rings. The Hall–Kier alpha value is -2.87. The van der Waals surface area contributed by atoms with Gasteiger partial charge in [-0.2, -0.15) is 0 Å². The van der Waals surface area contributed by atoms with Gasteiger partial charge in [0.15, 0.2) is 32.8 Å². The number of sulfone groups is 1. The van der Waals surface area contributed by atoms with Gasteiger partial charge in [-0.3, -0.25) is 9.32 Å². The number of rotatable bonds is 17. The molecule has 1 aliphatic heterocycles. The van der Waals surface area contributed by atoms with Gasteiger partial charge in [-0.25, -0.2) is 13.0 Å². The van der Waals surface area contributed by atoms with Gasteiger partial charge in [-0.05, 0) is 55.5 Å². The van der Waals surface area contributed by atoms with Crippen LogP contribution in [0.4, 0.5) is 0 Å². The molecule has 1 unspecified atom stereocenters. The molecule has 0 bridgehead atoms. The normalized spacial score (nSPS) is 15.3. The summed E-state index contributed by atoms with van der Waals surface area (Å²) in [6.07, 6.45) is 1.77. The van der Waals surface area contributed by atoms with Gasteiger partial charge >= 0.3 is 7.82 Å². The molecule has 1 saturated heterocycles. The smallest absolute Gasteiger partial charge is 0.469 e. The van der Waals surface area contributed by atoms with E-state index in [-0.39, 0.29) is 60.2 Å². The lowest BCUT2D eigenvalue weighted by atomic mass is 9.92. The first-order valence-electron chi connectivity index (χ1n) is 13.7. The topological polar surface area (TPSA) is 173 Å². The van der Waals surface area contributed by atoms with Gasteiger partial charge in [-0.15, -0.1) is 0 Å². The van der Waals surface area contributed by atoms with Crippen molar-refractivity contribution in [2.45, 2.75) is 50.5 Å². The van der Waals surface area contributed by atoms with E-state index in [9.17, 15) is 17.8 Å². The van der Waals surface area contributed by atoms with Crippen LogP contribution < -0.4 is 23.7 Å². The van der Waals surface area contributed by atoms with Crippen LogP contribution in [0.25, 0.3) is 11.1 Å². The van der Waals surface area contributed by atoms with E-state index in [0.717, 1.165) is 6.42 Å². The van der Waals surface area contributed by atoms with Gasteiger partial charge in [-0.1, -0.05) is 6.92 Å². The summed E-state index contributed by atoms with van der Waals surface area (Å²) in [4.78, 5) is 29.7. The summed E-state index contributed by atoms with van der Waals surface area (Å²) in [5.74, 6) is -0.435. The summed E-state index contributed by atoms with van der Waals surface area (Å²) in [6.45, 7) is 3.31. The van der Waals surface area contributed by atoms with E-state index in [1.54, 1.807) is 12.1 Å². The fourth-order valence-electron chi connectivity index (χ4n) is 4.73. The summed E-state index contributed by atoms with van der Waals surface area (Å²) in [6, 6.07) is 4.76. The largest absolute Gasteiger partial charge is 0.493 e. The number of phosphoric ester groups is 1. The molecule has 3 rings (SSSR count). The predicted octanol–water partition coefficient (Wildman–Crippen LogP) is 4.26. The van der Waals surface area contributed by atoms with Crippen LogP contribution in [0.1, 0.15) is 51.2 Å². The number of Topliss-reactive ketones (excluding diaryl/α,β-unsaturated/α-hetero) is 1. The fraction of sp³-hybridized carbons (Fsp3) is 0.536. The minimum Gasteiger partial charge on any atom is -0.493 e. The summed E-state index contributed by atoms with van der Waals surface area (Å²) < 4.78 is 77.6. The molecule has 2 aromatic carbocycles. The van der Waals surface area contributed by atoms with Crippen molar-refractivity contribution in [1.29, 1.82) is 0 Å². The van der Waals surface area contributed by atoms with Crippen molar-refractivity contribution >= 4 is 23.4 Å². The van der Waals surface area contributed by atoms with Crippen molar-refractivity contribution in [2.75, 3.05) is 53.5 Å². The highest BCUT2D eigenvalue weighted by molar-refractivity contribution is 7.92. The van der Waals surface area contributed by atoms with E-state index in [1.165, 1.54) is 34.3 Å². The maximum absolute atomic E-state index is 13.6. The molecule has 2 N–H and O–H groups in total. The molecule has 1 aliphatic rings. The quantitative estimate of drug-likeness (QED) is 0.185. The van der Waals surface area contributed by atoms with E-state index in [4.69, 9.17) is 38.2 Å². The Morgan fingerprint density at radius 1 is 0.977 bits per heavy atom. The van der Waals surface area contributed by atoms with E-state index >= 15 is 0 Å². The van der Waals surface area contributed by atoms with Crippen molar-refractivity contribution in [3.8, 4) is 39.9 Å². The van der Waals surface area contributed by atoms with E-state index in [0.29, 0.717) is 41.9 Å². The molecule has 0 amide bonds. The molecular formula is C28H39O13PS. The van der Waals surface area contributed by atoms with Crippen LogP contribution in [-0.4, -0.2) is 77.5 Å². The second kappa shape index (κ2) is 15.2. The summed E-state index contributed by atoms with van der Waals surface area (Å²) >= 11 is 0. The molecule has 0 spiro atoms. The Morgan fingerprint density at radius 3 is 2.26 bits per heavy atom. The van der Waals surface area contributed by atoms with E-state index < -0.39 is 29.2 Å². The van der Waals surface area contributed by atoms with Crippen LogP contribution in [0.5, 0.6) is 28.7 Å².